The summed E-state index contributed by atoms with van der Waals surface area (Å²) in [4.78, 5) is 28.2. The quantitative estimate of drug-likeness (QED) is 0.634. The molecule has 0 radical (unpaired) electrons. The molecule has 6 nitrogen and oxygen atoms in total. The van der Waals surface area contributed by atoms with Crippen LogP contribution in [0.3, 0.4) is 0 Å². The number of Topliss-reactive ketones (excluding diaryl/α,β-unsaturated/α-hetero) is 1. The molecule has 1 amide bonds. The Labute approximate surface area is 200 Å². The number of hydrogen-bond acceptors (Lipinski definition) is 5. The average Bonchev–Trinajstić information content (AvgIpc) is 3.47. The Morgan fingerprint density at radius 2 is 1.47 bits per heavy atom. The van der Waals surface area contributed by atoms with Crippen molar-refractivity contribution in [3.8, 4) is 11.1 Å². The third-order valence-corrected chi connectivity index (χ3v) is 8.04. The predicted octanol–water partition coefficient (Wildman–Crippen LogP) is 4.90. The maximum absolute atomic E-state index is 13.3. The molecule has 0 aromatic heterocycles. The molecular formula is C28H31NO5. The van der Waals surface area contributed by atoms with E-state index in [2.05, 4.69) is 36.4 Å². The van der Waals surface area contributed by atoms with Crippen molar-refractivity contribution in [1.82, 2.24) is 4.90 Å². The van der Waals surface area contributed by atoms with Crippen LogP contribution in [0.15, 0.2) is 48.5 Å². The lowest BCUT2D eigenvalue weighted by Gasteiger charge is -2.47. The maximum Gasteiger partial charge on any atom is 0.410 e. The molecule has 0 N–H and O–H groups in total. The topological polar surface area (TPSA) is 65.1 Å². The summed E-state index contributed by atoms with van der Waals surface area (Å²) in [6.45, 7) is 1.45. The highest BCUT2D eigenvalue weighted by Crippen LogP contribution is 2.45. The zero-order valence-electron chi connectivity index (χ0n) is 19.4. The minimum atomic E-state index is -0.396. The van der Waals surface area contributed by atoms with Crippen LogP contribution in [0, 0.1) is 5.92 Å². The highest BCUT2D eigenvalue weighted by molar-refractivity contribution is 5.82. The first-order chi connectivity index (χ1) is 16.7. The lowest BCUT2D eigenvalue weighted by Crippen LogP contribution is -2.56. The van der Waals surface area contributed by atoms with Crippen LogP contribution in [0.5, 0.6) is 0 Å². The number of piperidine rings is 2. The Kier molecular flexibility index (Phi) is 5.87. The van der Waals surface area contributed by atoms with Gasteiger partial charge in [0.05, 0.1) is 19.6 Å². The van der Waals surface area contributed by atoms with Crippen LogP contribution in [-0.4, -0.2) is 55.0 Å². The van der Waals surface area contributed by atoms with Gasteiger partial charge in [-0.25, -0.2) is 4.79 Å². The second kappa shape index (κ2) is 9.16. The van der Waals surface area contributed by atoms with E-state index in [0.29, 0.717) is 39.1 Å². The number of hydrogen-bond donors (Lipinski definition) is 0. The summed E-state index contributed by atoms with van der Waals surface area (Å²) in [6, 6.07) is 16.9. The number of amides is 1. The summed E-state index contributed by atoms with van der Waals surface area (Å²) in [5, 5.41) is 0. The first-order valence-corrected chi connectivity index (χ1v) is 12.6. The van der Waals surface area contributed by atoms with Crippen molar-refractivity contribution in [3.05, 3.63) is 59.7 Å². The molecule has 3 fully saturated rings. The average molecular weight is 462 g/mol. The molecule has 2 aromatic rings. The van der Waals surface area contributed by atoms with Crippen LogP contribution in [0.1, 0.15) is 55.6 Å². The van der Waals surface area contributed by atoms with Gasteiger partial charge in [0.15, 0.2) is 6.29 Å². The third kappa shape index (κ3) is 3.93. The standard InChI is InChI=1S/C28H31NO5/c30-26(16-27-32-12-13-33-27)18-14-19-6-5-7-20(15-18)29(19)28(31)34-17-25-23-10-3-1-8-21(23)22-9-2-4-11-24(22)25/h1-4,8-11,18-20,25,27H,5-7,12-17H2. The first-order valence-electron chi connectivity index (χ1n) is 12.6. The molecule has 0 saturated carbocycles. The molecule has 0 spiro atoms. The number of ketones is 1. The zero-order valence-corrected chi connectivity index (χ0v) is 19.4. The molecule has 178 valence electrons. The van der Waals surface area contributed by atoms with Gasteiger partial charge in [-0.1, -0.05) is 48.5 Å². The van der Waals surface area contributed by atoms with Gasteiger partial charge >= 0.3 is 6.09 Å². The van der Waals surface area contributed by atoms with Gasteiger partial charge < -0.3 is 19.1 Å². The van der Waals surface area contributed by atoms with Gasteiger partial charge in [-0.3, -0.25) is 4.79 Å². The van der Waals surface area contributed by atoms with E-state index < -0.39 is 6.29 Å². The SMILES string of the molecule is O=C(CC1OCCO1)C1CC2CCCC(C1)N2C(=O)OCC1c2ccccc2-c2ccccc21. The highest BCUT2D eigenvalue weighted by atomic mass is 16.7. The maximum atomic E-state index is 13.3. The van der Waals surface area contributed by atoms with E-state index in [0.717, 1.165) is 19.3 Å². The number of rotatable bonds is 5. The minimum absolute atomic E-state index is 0.0271. The van der Waals surface area contributed by atoms with Gasteiger partial charge in [-0.05, 0) is 54.4 Å². The van der Waals surface area contributed by atoms with E-state index in [1.807, 2.05) is 17.0 Å². The Bertz CT molecular complexity index is 1020. The summed E-state index contributed by atoms with van der Waals surface area (Å²) in [7, 11) is 0. The van der Waals surface area contributed by atoms with Crippen LogP contribution in [0.25, 0.3) is 11.1 Å². The third-order valence-electron chi connectivity index (χ3n) is 8.04. The second-order valence-electron chi connectivity index (χ2n) is 9.96. The van der Waals surface area contributed by atoms with Crippen molar-refractivity contribution in [2.45, 2.75) is 62.8 Å². The van der Waals surface area contributed by atoms with Gasteiger partial charge in [0.25, 0.3) is 0 Å². The second-order valence-corrected chi connectivity index (χ2v) is 9.96. The Morgan fingerprint density at radius 3 is 2.09 bits per heavy atom. The first kappa shape index (κ1) is 21.8. The summed E-state index contributed by atoms with van der Waals surface area (Å²) < 4.78 is 16.9. The van der Waals surface area contributed by atoms with Gasteiger partial charge in [0.1, 0.15) is 12.4 Å². The largest absolute Gasteiger partial charge is 0.448 e. The number of nitrogens with zero attached hydrogens (tertiary/aromatic N) is 1. The number of carbonyl (C=O) groups is 2. The van der Waals surface area contributed by atoms with Crippen LogP contribution in [0.2, 0.25) is 0 Å². The van der Waals surface area contributed by atoms with E-state index >= 15 is 0 Å². The number of ether oxygens (including phenoxy) is 3. The number of fused-ring (bicyclic) bond motifs is 5. The van der Waals surface area contributed by atoms with E-state index in [1.165, 1.54) is 22.3 Å². The Morgan fingerprint density at radius 1 is 0.882 bits per heavy atom. The highest BCUT2D eigenvalue weighted by Gasteiger charge is 2.44. The Balaban J connectivity index is 1.13. The number of benzene rings is 2. The van der Waals surface area contributed by atoms with Crippen LogP contribution < -0.4 is 0 Å². The van der Waals surface area contributed by atoms with E-state index in [9.17, 15) is 9.59 Å². The molecule has 2 unspecified atom stereocenters. The fourth-order valence-corrected chi connectivity index (χ4v) is 6.47. The van der Waals surface area contributed by atoms with Crippen molar-refractivity contribution >= 4 is 11.9 Å². The molecule has 2 bridgehead atoms. The number of carbonyl (C=O) groups excluding carboxylic acids is 2. The molecule has 3 saturated heterocycles. The van der Waals surface area contributed by atoms with E-state index in [1.54, 1.807) is 0 Å². The summed E-state index contributed by atoms with van der Waals surface area (Å²) in [6.07, 6.45) is 4.07. The van der Waals surface area contributed by atoms with Gasteiger partial charge in [-0.2, -0.15) is 0 Å². The molecule has 34 heavy (non-hydrogen) atoms. The molecule has 3 heterocycles. The lowest BCUT2D eigenvalue weighted by molar-refractivity contribution is -0.134. The van der Waals surface area contributed by atoms with Crippen molar-refractivity contribution in [3.63, 3.8) is 0 Å². The summed E-state index contributed by atoms with van der Waals surface area (Å²) in [5.74, 6) is 0.235. The van der Waals surface area contributed by atoms with E-state index in [4.69, 9.17) is 14.2 Å². The molecule has 6 heteroatoms. The lowest BCUT2D eigenvalue weighted by atomic mass is 9.76. The van der Waals surface area contributed by atoms with Crippen LogP contribution >= 0.6 is 0 Å². The van der Waals surface area contributed by atoms with Gasteiger partial charge in [0, 0.05) is 23.9 Å². The van der Waals surface area contributed by atoms with Gasteiger partial charge in [0.2, 0.25) is 0 Å². The fraction of sp³-hybridized carbons (Fsp3) is 0.500. The van der Waals surface area contributed by atoms with Crippen molar-refractivity contribution in [2.75, 3.05) is 19.8 Å². The molecule has 6 rings (SSSR count). The fourth-order valence-electron chi connectivity index (χ4n) is 6.47. The smallest absolute Gasteiger partial charge is 0.410 e. The summed E-state index contributed by atoms with van der Waals surface area (Å²) in [5.41, 5.74) is 4.89. The van der Waals surface area contributed by atoms with Crippen molar-refractivity contribution in [2.24, 2.45) is 5.92 Å². The summed E-state index contributed by atoms with van der Waals surface area (Å²) >= 11 is 0. The van der Waals surface area contributed by atoms with Crippen LogP contribution in [0.4, 0.5) is 4.79 Å². The monoisotopic (exact) mass is 461 g/mol. The molecule has 1 aliphatic carbocycles. The molecule has 3 aliphatic heterocycles. The molecule has 2 aromatic carbocycles. The van der Waals surface area contributed by atoms with Crippen molar-refractivity contribution in [1.29, 1.82) is 0 Å². The molecule has 4 aliphatic rings. The molecular weight excluding hydrogens is 430 g/mol. The normalized spacial score (nSPS) is 26.2. The predicted molar refractivity (Wildman–Crippen MR) is 126 cm³/mol. The Hall–Kier alpha value is -2.70. The molecule has 2 atom stereocenters. The minimum Gasteiger partial charge on any atom is -0.448 e. The zero-order chi connectivity index (χ0) is 23.1. The van der Waals surface area contributed by atoms with Crippen molar-refractivity contribution < 1.29 is 23.8 Å². The van der Waals surface area contributed by atoms with E-state index in [-0.39, 0.29) is 35.8 Å². The van der Waals surface area contributed by atoms with Gasteiger partial charge in [-0.15, -0.1) is 0 Å². The van der Waals surface area contributed by atoms with Crippen LogP contribution in [-0.2, 0) is 19.0 Å².